The predicted molar refractivity (Wildman–Crippen MR) is 172 cm³/mol. The normalized spacial score (nSPS) is 20.6. The second-order valence-electron chi connectivity index (χ2n) is 12.5. The van der Waals surface area contributed by atoms with Crippen molar-refractivity contribution in [3.8, 4) is 28.0 Å². The van der Waals surface area contributed by atoms with Crippen molar-refractivity contribution in [3.05, 3.63) is 95.6 Å². The van der Waals surface area contributed by atoms with Crippen molar-refractivity contribution in [3.63, 3.8) is 0 Å². The van der Waals surface area contributed by atoms with E-state index < -0.39 is 23.3 Å². The van der Waals surface area contributed by atoms with Gasteiger partial charge >= 0.3 is 0 Å². The number of benzene rings is 3. The molecule has 0 bridgehead atoms. The van der Waals surface area contributed by atoms with Gasteiger partial charge in [0.25, 0.3) is 0 Å². The molecule has 0 aliphatic heterocycles. The van der Waals surface area contributed by atoms with Gasteiger partial charge in [-0.1, -0.05) is 80.8 Å². The lowest BCUT2D eigenvalue weighted by Gasteiger charge is -2.35. The molecule has 1 nitrogen and oxygen atoms in total. The van der Waals surface area contributed by atoms with E-state index in [9.17, 15) is 8.78 Å². The first kappa shape index (κ1) is 32.1. The lowest BCUT2D eigenvalue weighted by molar-refractivity contribution is 0.212. The van der Waals surface area contributed by atoms with E-state index in [4.69, 9.17) is 4.74 Å². The maximum absolute atomic E-state index is 15.4. The van der Waals surface area contributed by atoms with Crippen LogP contribution in [0, 0.1) is 41.0 Å². The summed E-state index contributed by atoms with van der Waals surface area (Å²) in [7, 11) is 0. The number of hydrogen-bond donors (Lipinski definition) is 0. The largest absolute Gasteiger partial charge is 0.490 e. The zero-order valence-electron chi connectivity index (χ0n) is 26.0. The highest BCUT2D eigenvalue weighted by Gasteiger charge is 2.29. The van der Waals surface area contributed by atoms with E-state index in [1.54, 1.807) is 36.4 Å². The van der Waals surface area contributed by atoms with Crippen molar-refractivity contribution >= 4 is 5.57 Å². The molecule has 5 heteroatoms. The van der Waals surface area contributed by atoms with Gasteiger partial charge in [-0.2, -0.15) is 4.39 Å². The molecule has 0 amide bonds. The van der Waals surface area contributed by atoms with Crippen molar-refractivity contribution in [1.29, 1.82) is 0 Å². The maximum Gasteiger partial charge on any atom is 0.201 e. The monoisotopic (exact) mass is 604 g/mol. The molecule has 44 heavy (non-hydrogen) atoms. The molecular formula is C39H44F4O. The molecule has 0 aromatic heterocycles. The Hall–Kier alpha value is -3.34. The van der Waals surface area contributed by atoms with Gasteiger partial charge in [0.1, 0.15) is 0 Å². The molecule has 0 N–H and O–H groups in total. The SMILES string of the molecule is C/C=C/C1CCC(C2CC=C(c3ccc(-c4ccc(-c5ccc(OCCCCCC)c(F)c5F)cc4)c(F)c3F)CC2)CC1. The minimum Gasteiger partial charge on any atom is -0.490 e. The molecule has 5 rings (SSSR count). The van der Waals surface area contributed by atoms with E-state index >= 15 is 8.78 Å². The number of allylic oxidation sites excluding steroid dienone is 4. The lowest BCUT2D eigenvalue weighted by Crippen LogP contribution is -2.22. The number of ether oxygens (including phenoxy) is 1. The third-order valence-electron chi connectivity index (χ3n) is 9.64. The van der Waals surface area contributed by atoms with Crippen LogP contribution >= 0.6 is 0 Å². The molecule has 1 unspecified atom stereocenters. The van der Waals surface area contributed by atoms with Crippen LogP contribution in [0.4, 0.5) is 17.6 Å². The Labute approximate surface area is 260 Å². The first-order valence-electron chi connectivity index (χ1n) is 16.4. The number of unbranched alkanes of at least 4 members (excludes halogenated alkanes) is 3. The summed E-state index contributed by atoms with van der Waals surface area (Å²) in [6, 6.07) is 12.6. The third kappa shape index (κ3) is 7.30. The summed E-state index contributed by atoms with van der Waals surface area (Å²) in [5.41, 5.74) is 2.35. The van der Waals surface area contributed by atoms with Crippen LogP contribution in [0.5, 0.6) is 5.75 Å². The first-order chi connectivity index (χ1) is 21.4. The highest BCUT2D eigenvalue weighted by atomic mass is 19.2. The summed E-state index contributed by atoms with van der Waals surface area (Å²) in [5.74, 6) is -1.79. The predicted octanol–water partition coefficient (Wildman–Crippen LogP) is 12.1. The van der Waals surface area contributed by atoms with E-state index in [1.807, 2.05) is 0 Å². The van der Waals surface area contributed by atoms with Crippen LogP contribution in [0.15, 0.2) is 66.8 Å². The van der Waals surface area contributed by atoms with E-state index in [0.29, 0.717) is 35.1 Å². The molecule has 2 aliphatic carbocycles. The van der Waals surface area contributed by atoms with Crippen molar-refractivity contribution < 1.29 is 22.3 Å². The second-order valence-corrected chi connectivity index (χ2v) is 12.5. The molecule has 0 spiro atoms. The fraction of sp³-hybridized carbons (Fsp3) is 0.436. The van der Waals surface area contributed by atoms with Gasteiger partial charge in [0.05, 0.1) is 6.61 Å². The van der Waals surface area contributed by atoms with Crippen LogP contribution in [0.1, 0.15) is 90.0 Å². The molecule has 1 saturated carbocycles. The van der Waals surface area contributed by atoms with Gasteiger partial charge in [0, 0.05) is 16.7 Å². The summed E-state index contributed by atoms with van der Waals surface area (Å²) < 4.78 is 65.9. The van der Waals surface area contributed by atoms with Crippen LogP contribution in [0.3, 0.4) is 0 Å². The molecule has 0 radical (unpaired) electrons. The third-order valence-corrected chi connectivity index (χ3v) is 9.64. The van der Waals surface area contributed by atoms with Crippen LogP contribution < -0.4 is 4.74 Å². The Morgan fingerprint density at radius 3 is 1.91 bits per heavy atom. The number of rotatable bonds is 11. The van der Waals surface area contributed by atoms with E-state index in [1.165, 1.54) is 37.8 Å². The number of hydrogen-bond acceptors (Lipinski definition) is 1. The van der Waals surface area contributed by atoms with Crippen molar-refractivity contribution in [2.24, 2.45) is 17.8 Å². The molecule has 234 valence electrons. The Morgan fingerprint density at radius 1 is 0.682 bits per heavy atom. The van der Waals surface area contributed by atoms with Gasteiger partial charge in [0.2, 0.25) is 5.82 Å². The molecule has 2 aliphatic rings. The first-order valence-corrected chi connectivity index (χ1v) is 16.4. The topological polar surface area (TPSA) is 9.23 Å². The molecule has 1 fully saturated rings. The zero-order chi connectivity index (χ0) is 31.1. The van der Waals surface area contributed by atoms with Crippen LogP contribution in [-0.4, -0.2) is 6.61 Å². The van der Waals surface area contributed by atoms with Gasteiger partial charge in [0.15, 0.2) is 23.2 Å². The molecular weight excluding hydrogens is 560 g/mol. The van der Waals surface area contributed by atoms with Gasteiger partial charge in [-0.05, 0) is 105 Å². The molecule has 0 saturated heterocycles. The molecule has 0 heterocycles. The summed E-state index contributed by atoms with van der Waals surface area (Å²) in [6.45, 7) is 4.53. The molecule has 3 aromatic rings. The Bertz CT molecular complexity index is 1460. The average molecular weight is 605 g/mol. The molecule has 1 atom stereocenters. The van der Waals surface area contributed by atoms with Crippen LogP contribution in [0.25, 0.3) is 27.8 Å². The standard InChI is InChI=1S/C39H44F4O/c1-3-5-6-7-25-44-35-24-23-34(38(42)39(35)43)31-19-17-30(18-20-31)33-22-21-32(36(40)37(33)41)29-15-13-28(14-16-29)27-11-9-26(8-4-2)10-12-27/h4,8,15,17-24,26-28H,3,5-7,9-14,16,25H2,1-2H3/b8-4+. The Morgan fingerprint density at radius 2 is 1.30 bits per heavy atom. The Balaban J connectivity index is 1.25. The summed E-state index contributed by atoms with van der Waals surface area (Å²) >= 11 is 0. The van der Waals surface area contributed by atoms with Crippen molar-refractivity contribution in [1.82, 2.24) is 0 Å². The minimum atomic E-state index is -1.02. The summed E-state index contributed by atoms with van der Waals surface area (Å²) in [5, 5.41) is 0. The summed E-state index contributed by atoms with van der Waals surface area (Å²) in [4.78, 5) is 0. The fourth-order valence-corrected chi connectivity index (χ4v) is 7.04. The molecule has 3 aromatic carbocycles. The Kier molecular flexibility index (Phi) is 11.0. The second kappa shape index (κ2) is 15.1. The maximum atomic E-state index is 15.4. The number of halogens is 4. The van der Waals surface area contributed by atoms with Crippen molar-refractivity contribution in [2.45, 2.75) is 84.5 Å². The highest BCUT2D eigenvalue weighted by molar-refractivity contribution is 5.74. The van der Waals surface area contributed by atoms with Crippen molar-refractivity contribution in [2.75, 3.05) is 6.61 Å². The smallest absolute Gasteiger partial charge is 0.201 e. The van der Waals surface area contributed by atoms with Crippen LogP contribution in [-0.2, 0) is 0 Å². The van der Waals surface area contributed by atoms with E-state index in [2.05, 4.69) is 32.1 Å². The van der Waals surface area contributed by atoms with Gasteiger partial charge < -0.3 is 4.74 Å². The van der Waals surface area contributed by atoms with Gasteiger partial charge in [-0.3, -0.25) is 0 Å². The van der Waals surface area contributed by atoms with Crippen LogP contribution in [0.2, 0.25) is 0 Å². The van der Waals surface area contributed by atoms with Gasteiger partial charge in [-0.25, -0.2) is 13.2 Å². The average Bonchev–Trinajstić information content (AvgIpc) is 3.05. The zero-order valence-corrected chi connectivity index (χ0v) is 26.0. The van der Waals surface area contributed by atoms with E-state index in [0.717, 1.165) is 56.4 Å². The quantitative estimate of drug-likeness (QED) is 0.120. The highest BCUT2D eigenvalue weighted by Crippen LogP contribution is 2.42. The van der Waals surface area contributed by atoms with Gasteiger partial charge in [-0.15, -0.1) is 0 Å². The lowest BCUT2D eigenvalue weighted by atomic mass is 9.71. The fourth-order valence-electron chi connectivity index (χ4n) is 7.04. The van der Waals surface area contributed by atoms with E-state index in [-0.39, 0.29) is 16.9 Å². The minimum absolute atomic E-state index is 0.0859. The summed E-state index contributed by atoms with van der Waals surface area (Å²) in [6.07, 6.45) is 18.2.